The van der Waals surface area contributed by atoms with Crippen LogP contribution in [0.25, 0.3) is 0 Å². The number of hydrogen-bond acceptors (Lipinski definition) is 5. The number of carbonyl (C=O) groups is 1. The maximum atomic E-state index is 12.8. The van der Waals surface area contributed by atoms with E-state index in [1.807, 2.05) is 4.90 Å². The molecule has 0 saturated carbocycles. The molecule has 2 fully saturated rings. The Hall–Kier alpha value is -1.70. The van der Waals surface area contributed by atoms with Gasteiger partial charge in [-0.05, 0) is 43.7 Å². The third kappa shape index (κ3) is 5.65. The lowest BCUT2D eigenvalue weighted by Crippen LogP contribution is -2.44. The second-order valence-electron chi connectivity index (χ2n) is 6.65. The predicted molar refractivity (Wildman–Crippen MR) is 94.7 cm³/mol. The quantitative estimate of drug-likeness (QED) is 0.673. The van der Waals surface area contributed by atoms with Crippen LogP contribution >= 0.6 is 0 Å². The molecule has 2 heterocycles. The highest BCUT2D eigenvalue weighted by molar-refractivity contribution is 5.78. The normalized spacial score (nSPS) is 23.4. The molecule has 1 N–H and O–H groups in total. The summed E-state index contributed by atoms with van der Waals surface area (Å²) in [5.41, 5.74) is 0. The Morgan fingerprint density at radius 3 is 2.85 bits per heavy atom. The van der Waals surface area contributed by atoms with E-state index in [9.17, 15) is 9.18 Å². The van der Waals surface area contributed by atoms with Crippen LogP contribution in [-0.2, 0) is 14.3 Å². The average Bonchev–Trinajstić information content (AvgIpc) is 3.00. The van der Waals surface area contributed by atoms with Crippen LogP contribution in [0.1, 0.15) is 19.3 Å². The largest absolute Gasteiger partial charge is 0.492 e. The molecule has 144 valence electrons. The van der Waals surface area contributed by atoms with Gasteiger partial charge in [0.15, 0.2) is 0 Å². The predicted octanol–water partition coefficient (Wildman–Crippen LogP) is 1.59. The van der Waals surface area contributed by atoms with Gasteiger partial charge in [0.2, 0.25) is 5.91 Å². The molecule has 0 spiro atoms. The van der Waals surface area contributed by atoms with E-state index in [0.717, 1.165) is 19.4 Å². The Labute approximate surface area is 153 Å². The number of nitrogens with one attached hydrogen (secondary N) is 1. The molecule has 1 aromatic carbocycles. The molecule has 0 bridgehead atoms. The van der Waals surface area contributed by atoms with Gasteiger partial charge in [0.05, 0.1) is 25.9 Å². The SMILES string of the molecule is O=C1CCC(CCNCCOc2ccc(F)cc2)N1CC1COCCO1. The van der Waals surface area contributed by atoms with Gasteiger partial charge in [-0.3, -0.25) is 4.79 Å². The molecule has 0 aromatic heterocycles. The summed E-state index contributed by atoms with van der Waals surface area (Å²) in [4.78, 5) is 14.1. The van der Waals surface area contributed by atoms with Gasteiger partial charge in [-0.2, -0.15) is 0 Å². The zero-order valence-electron chi connectivity index (χ0n) is 15.0. The van der Waals surface area contributed by atoms with E-state index in [1.54, 1.807) is 12.1 Å². The number of hydrogen-bond donors (Lipinski definition) is 1. The minimum absolute atomic E-state index is 0.00892. The van der Waals surface area contributed by atoms with Crippen molar-refractivity contribution in [2.24, 2.45) is 0 Å². The second kappa shape index (κ2) is 9.85. The van der Waals surface area contributed by atoms with E-state index >= 15 is 0 Å². The van der Waals surface area contributed by atoms with Crippen molar-refractivity contribution in [1.82, 2.24) is 10.2 Å². The lowest BCUT2D eigenvalue weighted by atomic mass is 10.1. The fourth-order valence-electron chi connectivity index (χ4n) is 3.37. The van der Waals surface area contributed by atoms with Gasteiger partial charge in [0.25, 0.3) is 0 Å². The van der Waals surface area contributed by atoms with E-state index in [-0.39, 0.29) is 23.9 Å². The van der Waals surface area contributed by atoms with Crippen molar-refractivity contribution in [1.29, 1.82) is 0 Å². The minimum atomic E-state index is -0.267. The van der Waals surface area contributed by atoms with E-state index in [2.05, 4.69) is 5.32 Å². The standard InChI is InChI=1S/C19H27FN2O4/c20-15-1-4-17(5-2-15)25-10-9-21-8-7-16-3-6-19(23)22(16)13-18-14-24-11-12-26-18/h1-2,4-5,16,18,21H,3,6-14H2. The fraction of sp³-hybridized carbons (Fsp3) is 0.632. The molecule has 2 unspecified atom stereocenters. The topological polar surface area (TPSA) is 60.0 Å². The van der Waals surface area contributed by atoms with Gasteiger partial charge < -0.3 is 24.4 Å². The maximum absolute atomic E-state index is 12.8. The number of amides is 1. The Balaban J connectivity index is 1.31. The van der Waals surface area contributed by atoms with Crippen LogP contribution in [0.3, 0.4) is 0 Å². The van der Waals surface area contributed by atoms with Crippen molar-refractivity contribution < 1.29 is 23.4 Å². The molecule has 1 aromatic rings. The maximum Gasteiger partial charge on any atom is 0.222 e. The van der Waals surface area contributed by atoms with Gasteiger partial charge in [0, 0.05) is 25.6 Å². The summed E-state index contributed by atoms with van der Waals surface area (Å²) >= 11 is 0. The molecular formula is C19H27FN2O4. The summed E-state index contributed by atoms with van der Waals surface area (Å²) in [6, 6.07) is 6.27. The first-order chi connectivity index (χ1) is 12.7. The van der Waals surface area contributed by atoms with E-state index in [1.165, 1.54) is 12.1 Å². The first kappa shape index (κ1) is 19.1. The molecule has 2 aliphatic rings. The number of carbonyl (C=O) groups excluding carboxylic acids is 1. The van der Waals surface area contributed by atoms with E-state index < -0.39 is 0 Å². The monoisotopic (exact) mass is 366 g/mol. The second-order valence-corrected chi connectivity index (χ2v) is 6.65. The highest BCUT2D eigenvalue weighted by atomic mass is 19.1. The van der Waals surface area contributed by atoms with Crippen molar-refractivity contribution in [3.05, 3.63) is 30.1 Å². The number of nitrogens with zero attached hydrogens (tertiary/aromatic N) is 1. The number of likely N-dealkylation sites (tertiary alicyclic amines) is 1. The summed E-state index contributed by atoms with van der Waals surface area (Å²) in [7, 11) is 0. The molecule has 2 atom stereocenters. The third-order valence-corrected chi connectivity index (χ3v) is 4.75. The zero-order valence-corrected chi connectivity index (χ0v) is 15.0. The van der Waals surface area contributed by atoms with E-state index in [4.69, 9.17) is 14.2 Å². The Morgan fingerprint density at radius 1 is 1.23 bits per heavy atom. The molecule has 6 nitrogen and oxygen atoms in total. The van der Waals surface area contributed by atoms with Crippen LogP contribution in [0, 0.1) is 5.82 Å². The minimum Gasteiger partial charge on any atom is -0.492 e. The van der Waals surface area contributed by atoms with Crippen LogP contribution in [-0.4, -0.2) is 69.0 Å². The van der Waals surface area contributed by atoms with Gasteiger partial charge >= 0.3 is 0 Å². The smallest absolute Gasteiger partial charge is 0.222 e. The van der Waals surface area contributed by atoms with Gasteiger partial charge in [-0.15, -0.1) is 0 Å². The van der Waals surface area contributed by atoms with Crippen LogP contribution < -0.4 is 10.1 Å². The van der Waals surface area contributed by atoms with E-state index in [0.29, 0.717) is 51.7 Å². The van der Waals surface area contributed by atoms with Crippen molar-refractivity contribution in [2.45, 2.75) is 31.4 Å². The Bertz CT molecular complexity index is 563. The van der Waals surface area contributed by atoms with Crippen molar-refractivity contribution >= 4 is 5.91 Å². The summed E-state index contributed by atoms with van der Waals surface area (Å²) in [5, 5.41) is 3.34. The average molecular weight is 366 g/mol. The van der Waals surface area contributed by atoms with Gasteiger partial charge in [-0.1, -0.05) is 0 Å². The number of rotatable bonds is 9. The van der Waals surface area contributed by atoms with Gasteiger partial charge in [-0.25, -0.2) is 4.39 Å². The molecule has 7 heteroatoms. The zero-order chi connectivity index (χ0) is 18.2. The fourth-order valence-corrected chi connectivity index (χ4v) is 3.37. The Kier molecular flexibility index (Phi) is 7.22. The first-order valence-corrected chi connectivity index (χ1v) is 9.30. The molecule has 3 rings (SSSR count). The highest BCUT2D eigenvalue weighted by Crippen LogP contribution is 2.22. The lowest BCUT2D eigenvalue weighted by molar-refractivity contribution is -0.136. The Morgan fingerprint density at radius 2 is 2.08 bits per heavy atom. The summed E-state index contributed by atoms with van der Waals surface area (Å²) in [6.07, 6.45) is 2.42. The van der Waals surface area contributed by atoms with Gasteiger partial charge in [0.1, 0.15) is 18.2 Å². The van der Waals surface area contributed by atoms with Crippen LogP contribution in [0.15, 0.2) is 24.3 Å². The number of ether oxygens (including phenoxy) is 3. The molecule has 0 radical (unpaired) electrons. The van der Waals surface area contributed by atoms with Crippen LogP contribution in [0.5, 0.6) is 5.75 Å². The highest BCUT2D eigenvalue weighted by Gasteiger charge is 2.32. The van der Waals surface area contributed by atoms with Crippen molar-refractivity contribution in [3.8, 4) is 5.75 Å². The van der Waals surface area contributed by atoms with Crippen LogP contribution in [0.4, 0.5) is 4.39 Å². The lowest BCUT2D eigenvalue weighted by Gasteiger charge is -2.31. The number of benzene rings is 1. The summed E-state index contributed by atoms with van der Waals surface area (Å²) < 4.78 is 29.5. The molecular weight excluding hydrogens is 339 g/mol. The third-order valence-electron chi connectivity index (χ3n) is 4.75. The first-order valence-electron chi connectivity index (χ1n) is 9.30. The molecule has 2 saturated heterocycles. The summed E-state index contributed by atoms with van der Waals surface area (Å²) in [6.45, 7) is 4.48. The summed E-state index contributed by atoms with van der Waals surface area (Å²) in [5.74, 6) is 0.607. The van der Waals surface area contributed by atoms with Crippen LogP contribution in [0.2, 0.25) is 0 Å². The van der Waals surface area contributed by atoms with Crippen molar-refractivity contribution in [3.63, 3.8) is 0 Å². The number of halogens is 1. The molecule has 0 aliphatic carbocycles. The molecule has 26 heavy (non-hydrogen) atoms. The van der Waals surface area contributed by atoms with Crippen molar-refractivity contribution in [2.75, 3.05) is 46.1 Å². The molecule has 1 amide bonds. The molecule has 2 aliphatic heterocycles.